The van der Waals surface area contributed by atoms with Gasteiger partial charge < -0.3 is 16.0 Å². The molecule has 2 heterocycles. The molecule has 0 unspecified atom stereocenters. The van der Waals surface area contributed by atoms with E-state index in [-0.39, 0.29) is 11.8 Å². The molecular formula is C19H16FN7O. The molecule has 0 saturated carbocycles. The fourth-order valence-electron chi connectivity index (χ4n) is 2.78. The normalized spacial score (nSPS) is 10.6. The van der Waals surface area contributed by atoms with Crippen LogP contribution in [0.15, 0.2) is 54.9 Å². The summed E-state index contributed by atoms with van der Waals surface area (Å²) in [6.07, 6.45) is 3.43. The van der Waals surface area contributed by atoms with E-state index in [4.69, 9.17) is 0 Å². The van der Waals surface area contributed by atoms with E-state index in [1.54, 1.807) is 35.1 Å². The quantitative estimate of drug-likeness (QED) is 0.445. The number of hydrogen-bond acceptors (Lipinski definition) is 6. The SMILES string of the molecule is Cn1ncc2cc(Nc3ncc(F)c(Nc4cccc(NC=O)c4)n3)ccc21. The number of fused-ring (bicyclic) bond motifs is 1. The van der Waals surface area contributed by atoms with Crippen LogP contribution in [-0.4, -0.2) is 26.2 Å². The minimum atomic E-state index is -0.595. The molecule has 0 radical (unpaired) electrons. The third-order valence-electron chi connectivity index (χ3n) is 4.10. The number of anilines is 5. The maximum absolute atomic E-state index is 14.2. The van der Waals surface area contributed by atoms with E-state index in [0.29, 0.717) is 17.8 Å². The van der Waals surface area contributed by atoms with Gasteiger partial charge >= 0.3 is 0 Å². The van der Waals surface area contributed by atoms with Crippen LogP contribution in [0.1, 0.15) is 0 Å². The number of aryl methyl sites for hydroxylation is 1. The number of hydrogen-bond donors (Lipinski definition) is 3. The van der Waals surface area contributed by atoms with Crippen LogP contribution in [0, 0.1) is 5.82 Å². The third-order valence-corrected chi connectivity index (χ3v) is 4.10. The Labute approximate surface area is 159 Å². The minimum Gasteiger partial charge on any atom is -0.338 e. The Morgan fingerprint density at radius 1 is 1.04 bits per heavy atom. The highest BCUT2D eigenvalue weighted by atomic mass is 19.1. The molecule has 0 saturated heterocycles. The Hall–Kier alpha value is -4.01. The lowest BCUT2D eigenvalue weighted by Crippen LogP contribution is -2.03. The Morgan fingerprint density at radius 3 is 2.71 bits per heavy atom. The first-order valence-electron chi connectivity index (χ1n) is 8.41. The van der Waals surface area contributed by atoms with E-state index in [0.717, 1.165) is 22.8 Å². The Balaban J connectivity index is 1.57. The Bertz CT molecular complexity index is 1160. The molecule has 0 fully saturated rings. The zero-order valence-electron chi connectivity index (χ0n) is 14.8. The fourth-order valence-corrected chi connectivity index (χ4v) is 2.78. The molecule has 3 N–H and O–H groups in total. The zero-order chi connectivity index (χ0) is 19.5. The lowest BCUT2D eigenvalue weighted by molar-refractivity contribution is -0.105. The number of halogens is 1. The van der Waals surface area contributed by atoms with E-state index >= 15 is 0 Å². The Morgan fingerprint density at radius 2 is 1.86 bits per heavy atom. The van der Waals surface area contributed by atoms with Crippen molar-refractivity contribution in [2.45, 2.75) is 0 Å². The summed E-state index contributed by atoms with van der Waals surface area (Å²) < 4.78 is 15.9. The van der Waals surface area contributed by atoms with Crippen molar-refractivity contribution in [3.8, 4) is 0 Å². The van der Waals surface area contributed by atoms with Crippen molar-refractivity contribution in [3.63, 3.8) is 0 Å². The molecule has 0 bridgehead atoms. The maximum atomic E-state index is 14.2. The van der Waals surface area contributed by atoms with Crippen LogP contribution in [0.3, 0.4) is 0 Å². The summed E-state index contributed by atoms with van der Waals surface area (Å²) in [5, 5.41) is 13.7. The molecule has 0 aliphatic rings. The number of aromatic nitrogens is 4. The van der Waals surface area contributed by atoms with E-state index in [9.17, 15) is 9.18 Å². The van der Waals surface area contributed by atoms with Gasteiger partial charge in [0.2, 0.25) is 12.4 Å². The number of rotatable bonds is 6. The summed E-state index contributed by atoms with van der Waals surface area (Å²) in [6, 6.07) is 12.6. The molecule has 4 aromatic rings. The topological polar surface area (TPSA) is 96.8 Å². The number of nitrogens with one attached hydrogen (secondary N) is 3. The number of amides is 1. The first-order valence-corrected chi connectivity index (χ1v) is 8.41. The monoisotopic (exact) mass is 377 g/mol. The van der Waals surface area contributed by atoms with Crippen LogP contribution in [0.2, 0.25) is 0 Å². The first kappa shape index (κ1) is 17.4. The van der Waals surface area contributed by atoms with Gasteiger partial charge in [0.1, 0.15) is 0 Å². The van der Waals surface area contributed by atoms with Crippen molar-refractivity contribution in [2.24, 2.45) is 7.05 Å². The molecule has 0 aliphatic carbocycles. The number of benzene rings is 2. The van der Waals surface area contributed by atoms with Gasteiger partial charge in [0.05, 0.1) is 17.9 Å². The van der Waals surface area contributed by atoms with Crippen molar-refractivity contribution in [3.05, 3.63) is 60.7 Å². The smallest absolute Gasteiger partial charge is 0.229 e. The molecule has 1 amide bonds. The van der Waals surface area contributed by atoms with E-state index in [1.165, 1.54) is 0 Å². The summed E-state index contributed by atoms with van der Waals surface area (Å²) in [5.74, 6) is -0.334. The summed E-state index contributed by atoms with van der Waals surface area (Å²) in [7, 11) is 1.87. The molecule has 0 aliphatic heterocycles. The molecular weight excluding hydrogens is 361 g/mol. The second kappa shape index (κ2) is 7.31. The first-order chi connectivity index (χ1) is 13.6. The summed E-state index contributed by atoms with van der Waals surface area (Å²) in [6.45, 7) is 0. The molecule has 0 spiro atoms. The molecule has 2 aromatic carbocycles. The highest BCUT2D eigenvalue weighted by Crippen LogP contribution is 2.24. The van der Waals surface area contributed by atoms with Crippen molar-refractivity contribution < 1.29 is 9.18 Å². The number of nitrogens with zero attached hydrogens (tertiary/aromatic N) is 4. The third kappa shape index (κ3) is 3.58. The van der Waals surface area contributed by atoms with Crippen LogP contribution < -0.4 is 16.0 Å². The molecule has 0 atom stereocenters. The van der Waals surface area contributed by atoms with Crippen molar-refractivity contribution in [1.29, 1.82) is 0 Å². The average molecular weight is 377 g/mol. The second-order valence-electron chi connectivity index (χ2n) is 6.02. The van der Waals surface area contributed by atoms with Crippen LogP contribution in [0.25, 0.3) is 10.9 Å². The predicted octanol–water partition coefficient (Wildman–Crippen LogP) is 3.56. The standard InChI is InChI=1S/C19H16FN7O/c1-27-17-6-5-15(7-12(17)9-23-27)25-19-21-10-16(20)18(26-19)24-14-4-2-3-13(8-14)22-11-28/h2-11H,1H3,(H,22,28)(H2,21,24,25,26). The van der Waals surface area contributed by atoms with Gasteiger partial charge in [-0.2, -0.15) is 10.1 Å². The van der Waals surface area contributed by atoms with Gasteiger partial charge in [0.15, 0.2) is 11.6 Å². The van der Waals surface area contributed by atoms with E-state index in [1.807, 2.05) is 25.2 Å². The maximum Gasteiger partial charge on any atom is 0.229 e. The highest BCUT2D eigenvalue weighted by Gasteiger charge is 2.09. The van der Waals surface area contributed by atoms with Gasteiger partial charge in [-0.05, 0) is 36.4 Å². The molecule has 4 rings (SSSR count). The Kier molecular flexibility index (Phi) is 4.55. The average Bonchev–Trinajstić information content (AvgIpc) is 3.05. The van der Waals surface area contributed by atoms with Crippen LogP contribution >= 0.6 is 0 Å². The molecule has 28 heavy (non-hydrogen) atoms. The lowest BCUT2D eigenvalue weighted by Gasteiger charge is -2.10. The van der Waals surface area contributed by atoms with Gasteiger partial charge in [0.25, 0.3) is 0 Å². The number of carbonyl (C=O) groups is 1. The highest BCUT2D eigenvalue weighted by molar-refractivity contribution is 5.83. The van der Waals surface area contributed by atoms with Crippen molar-refractivity contribution >= 4 is 46.1 Å². The van der Waals surface area contributed by atoms with Gasteiger partial charge in [-0.3, -0.25) is 9.48 Å². The fraction of sp³-hybridized carbons (Fsp3) is 0.0526. The van der Waals surface area contributed by atoms with Crippen molar-refractivity contribution in [1.82, 2.24) is 19.7 Å². The minimum absolute atomic E-state index is 0.0169. The van der Waals surface area contributed by atoms with E-state index < -0.39 is 5.82 Å². The van der Waals surface area contributed by atoms with Gasteiger partial charge in [-0.15, -0.1) is 0 Å². The lowest BCUT2D eigenvalue weighted by atomic mass is 10.2. The molecule has 140 valence electrons. The van der Waals surface area contributed by atoms with Crippen LogP contribution in [0.5, 0.6) is 0 Å². The predicted molar refractivity (Wildman–Crippen MR) is 105 cm³/mol. The zero-order valence-corrected chi connectivity index (χ0v) is 14.8. The van der Waals surface area contributed by atoms with Gasteiger partial charge in [0, 0.05) is 29.5 Å². The van der Waals surface area contributed by atoms with Crippen LogP contribution in [-0.2, 0) is 11.8 Å². The summed E-state index contributed by atoms with van der Waals surface area (Å²) in [4.78, 5) is 18.8. The van der Waals surface area contributed by atoms with Crippen molar-refractivity contribution in [2.75, 3.05) is 16.0 Å². The second-order valence-corrected chi connectivity index (χ2v) is 6.02. The van der Waals surface area contributed by atoms with Gasteiger partial charge in [-0.1, -0.05) is 6.07 Å². The summed E-state index contributed by atoms with van der Waals surface area (Å²) >= 11 is 0. The largest absolute Gasteiger partial charge is 0.338 e. The van der Waals surface area contributed by atoms with E-state index in [2.05, 4.69) is 31.0 Å². The summed E-state index contributed by atoms with van der Waals surface area (Å²) in [5.41, 5.74) is 2.91. The van der Waals surface area contributed by atoms with Gasteiger partial charge in [-0.25, -0.2) is 9.37 Å². The van der Waals surface area contributed by atoms with Crippen LogP contribution in [0.4, 0.5) is 33.2 Å². The molecule has 8 nitrogen and oxygen atoms in total. The number of carbonyl (C=O) groups excluding carboxylic acids is 1. The molecule has 2 aromatic heterocycles. The molecule has 9 heteroatoms.